The monoisotopic (exact) mass is 503 g/mol. The van der Waals surface area contributed by atoms with Crippen LogP contribution in [0.2, 0.25) is 0 Å². The number of ether oxygens (including phenoxy) is 2. The number of piperidine rings is 1. The van der Waals surface area contributed by atoms with Crippen molar-refractivity contribution >= 4 is 34.1 Å². The molecule has 0 radical (unpaired) electrons. The summed E-state index contributed by atoms with van der Waals surface area (Å²) in [6.45, 7) is 7.76. The molecule has 1 aromatic carbocycles. The quantitative estimate of drug-likeness (QED) is 0.448. The minimum atomic E-state index is 0.0228. The molecule has 2 aliphatic heterocycles. The maximum absolute atomic E-state index is 13.3. The van der Waals surface area contributed by atoms with Gasteiger partial charge in [0.2, 0.25) is 0 Å². The molecule has 2 saturated heterocycles. The van der Waals surface area contributed by atoms with E-state index in [0.717, 1.165) is 63.3 Å². The number of likely N-dealkylation sites (tertiary alicyclic amines) is 1. The number of carbonyl (C=O) groups is 1. The second kappa shape index (κ2) is 11.1. The van der Waals surface area contributed by atoms with Crippen LogP contribution < -0.4 is 15.4 Å². The van der Waals surface area contributed by atoms with E-state index in [1.54, 1.807) is 19.4 Å². The number of morpholine rings is 1. The molecule has 2 fully saturated rings. The highest BCUT2D eigenvalue weighted by atomic mass is 16.5. The number of nitrogens with zero attached hydrogens (tertiary/aromatic N) is 4. The number of amides is 1. The zero-order valence-electron chi connectivity index (χ0n) is 21.3. The number of fused-ring (bicyclic) bond motifs is 1. The molecule has 10 nitrogen and oxygen atoms in total. The summed E-state index contributed by atoms with van der Waals surface area (Å²) < 4.78 is 11.1. The fourth-order valence-corrected chi connectivity index (χ4v) is 5.24. The zero-order chi connectivity index (χ0) is 25.8. The van der Waals surface area contributed by atoms with E-state index < -0.39 is 0 Å². The van der Waals surface area contributed by atoms with Gasteiger partial charge < -0.3 is 30.0 Å². The molecule has 0 spiro atoms. The molecule has 0 aliphatic carbocycles. The summed E-state index contributed by atoms with van der Waals surface area (Å²) in [6, 6.07) is 10.1. The highest BCUT2D eigenvalue weighted by Crippen LogP contribution is 2.33. The Labute approximate surface area is 216 Å². The zero-order valence-corrected chi connectivity index (χ0v) is 21.3. The van der Waals surface area contributed by atoms with Crippen LogP contribution in [0.15, 0.2) is 30.5 Å². The van der Waals surface area contributed by atoms with Crippen molar-refractivity contribution in [3.8, 4) is 11.8 Å². The molecular weight excluding hydrogens is 470 g/mol. The number of anilines is 3. The number of benzene rings is 1. The van der Waals surface area contributed by atoms with Crippen LogP contribution >= 0.6 is 0 Å². The molecule has 3 N–H and O–H groups in total. The van der Waals surface area contributed by atoms with Gasteiger partial charge >= 0.3 is 0 Å². The predicted octanol–water partition coefficient (Wildman–Crippen LogP) is 3.56. The van der Waals surface area contributed by atoms with Crippen LogP contribution in [0.5, 0.6) is 5.75 Å². The van der Waals surface area contributed by atoms with Crippen LogP contribution in [-0.4, -0.2) is 84.8 Å². The number of methoxy groups -OCH3 is 1. The number of hydrogen-bond acceptors (Lipinski definition) is 8. The Balaban J connectivity index is 1.30. The van der Waals surface area contributed by atoms with Crippen molar-refractivity contribution in [2.75, 3.05) is 63.7 Å². The summed E-state index contributed by atoms with van der Waals surface area (Å²) in [7, 11) is 1.59. The first-order valence-corrected chi connectivity index (χ1v) is 12.8. The topological polar surface area (TPSA) is 119 Å². The van der Waals surface area contributed by atoms with Crippen molar-refractivity contribution in [1.82, 2.24) is 19.8 Å². The van der Waals surface area contributed by atoms with Crippen molar-refractivity contribution in [3.63, 3.8) is 0 Å². The van der Waals surface area contributed by atoms with Gasteiger partial charge in [0.15, 0.2) is 0 Å². The Hall–Kier alpha value is -3.81. The average molecular weight is 504 g/mol. The Kier molecular flexibility index (Phi) is 7.44. The summed E-state index contributed by atoms with van der Waals surface area (Å²) in [5, 5.41) is 16.8. The maximum atomic E-state index is 13.3. The SMILES string of the molecule is CCNc1cc(Nc2ccc(C(=O)N3CCC(N4CCOCC4)CC3)cc2OC)nc2[nH]cc(C#N)c12. The fourth-order valence-electron chi connectivity index (χ4n) is 5.24. The first-order chi connectivity index (χ1) is 18.1. The molecule has 37 heavy (non-hydrogen) atoms. The lowest BCUT2D eigenvalue weighted by molar-refractivity contribution is 0.00159. The van der Waals surface area contributed by atoms with E-state index >= 15 is 0 Å². The summed E-state index contributed by atoms with van der Waals surface area (Å²) in [4.78, 5) is 25.4. The van der Waals surface area contributed by atoms with Crippen LogP contribution in [0.1, 0.15) is 35.7 Å². The third-order valence-corrected chi connectivity index (χ3v) is 7.15. The van der Waals surface area contributed by atoms with E-state index in [0.29, 0.717) is 46.6 Å². The Bertz CT molecular complexity index is 1300. The van der Waals surface area contributed by atoms with E-state index in [1.807, 2.05) is 30.0 Å². The maximum Gasteiger partial charge on any atom is 0.253 e. The van der Waals surface area contributed by atoms with Gasteiger partial charge in [-0.25, -0.2) is 4.98 Å². The standard InChI is InChI=1S/C27H33N7O3/c1-3-29-22-15-24(32-26-25(22)19(16-28)17-30-26)31-21-5-4-18(14-23(21)36-2)27(35)34-8-6-20(7-9-34)33-10-12-37-13-11-33/h4-5,14-15,17,20H,3,6-13H2,1-2H3,(H3,29,30,31,32). The second-order valence-corrected chi connectivity index (χ2v) is 9.33. The fraction of sp³-hybridized carbons (Fsp3) is 0.444. The minimum absolute atomic E-state index is 0.0228. The van der Waals surface area contributed by atoms with Crippen LogP contribution in [0, 0.1) is 11.3 Å². The van der Waals surface area contributed by atoms with E-state index in [9.17, 15) is 10.1 Å². The highest BCUT2D eigenvalue weighted by molar-refractivity contribution is 5.97. The van der Waals surface area contributed by atoms with Crippen molar-refractivity contribution < 1.29 is 14.3 Å². The average Bonchev–Trinajstić information content (AvgIpc) is 3.37. The molecule has 2 aliphatic rings. The predicted molar refractivity (Wildman–Crippen MR) is 143 cm³/mol. The third kappa shape index (κ3) is 5.19. The molecule has 0 bridgehead atoms. The number of nitriles is 1. The van der Waals surface area contributed by atoms with Crippen LogP contribution in [0.25, 0.3) is 11.0 Å². The summed E-state index contributed by atoms with van der Waals surface area (Å²) in [6.07, 6.45) is 3.63. The van der Waals surface area contributed by atoms with Gasteiger partial charge in [-0.2, -0.15) is 5.26 Å². The van der Waals surface area contributed by atoms with Gasteiger partial charge in [0.1, 0.15) is 23.3 Å². The number of aromatic amines is 1. The molecule has 194 valence electrons. The molecule has 0 atom stereocenters. The molecule has 2 aromatic heterocycles. The summed E-state index contributed by atoms with van der Waals surface area (Å²) in [5.74, 6) is 1.18. The first-order valence-electron chi connectivity index (χ1n) is 12.8. The van der Waals surface area contributed by atoms with E-state index in [-0.39, 0.29) is 5.91 Å². The molecule has 0 unspecified atom stereocenters. The van der Waals surface area contributed by atoms with Crippen LogP contribution in [-0.2, 0) is 4.74 Å². The van der Waals surface area contributed by atoms with E-state index in [4.69, 9.17) is 9.47 Å². The van der Waals surface area contributed by atoms with Gasteiger partial charge in [-0.3, -0.25) is 9.69 Å². The van der Waals surface area contributed by atoms with Gasteiger partial charge in [0.25, 0.3) is 5.91 Å². The van der Waals surface area contributed by atoms with Gasteiger partial charge in [0.05, 0.1) is 42.6 Å². The summed E-state index contributed by atoms with van der Waals surface area (Å²) in [5.41, 5.74) is 3.28. The molecule has 3 aromatic rings. The number of H-pyrrole nitrogens is 1. The lowest BCUT2D eigenvalue weighted by Gasteiger charge is -2.40. The molecular formula is C27H33N7O3. The van der Waals surface area contributed by atoms with Gasteiger partial charge in [-0.15, -0.1) is 0 Å². The number of aromatic nitrogens is 2. The van der Waals surface area contributed by atoms with E-state index in [1.165, 1.54) is 0 Å². The molecule has 10 heteroatoms. The molecule has 0 saturated carbocycles. The van der Waals surface area contributed by atoms with Crippen molar-refractivity contribution in [3.05, 3.63) is 41.6 Å². The lowest BCUT2D eigenvalue weighted by atomic mass is 10.0. The number of pyridine rings is 1. The van der Waals surface area contributed by atoms with Gasteiger partial charge in [-0.1, -0.05) is 0 Å². The number of hydrogen-bond donors (Lipinski definition) is 3. The number of carbonyl (C=O) groups excluding carboxylic acids is 1. The number of rotatable bonds is 7. The molecule has 1 amide bonds. The van der Waals surface area contributed by atoms with Crippen molar-refractivity contribution in [1.29, 1.82) is 5.26 Å². The normalized spacial score (nSPS) is 16.9. The molecule has 4 heterocycles. The van der Waals surface area contributed by atoms with Crippen molar-refractivity contribution in [2.24, 2.45) is 0 Å². The van der Waals surface area contributed by atoms with Gasteiger partial charge in [-0.05, 0) is 38.0 Å². The third-order valence-electron chi connectivity index (χ3n) is 7.15. The van der Waals surface area contributed by atoms with Crippen LogP contribution in [0.3, 0.4) is 0 Å². The van der Waals surface area contributed by atoms with Gasteiger partial charge in [0, 0.05) is 56.6 Å². The highest BCUT2D eigenvalue weighted by Gasteiger charge is 2.28. The van der Waals surface area contributed by atoms with Crippen LogP contribution in [0.4, 0.5) is 17.2 Å². The van der Waals surface area contributed by atoms with Crippen molar-refractivity contribution in [2.45, 2.75) is 25.8 Å². The molecule has 5 rings (SSSR count). The Morgan fingerprint density at radius 1 is 1.22 bits per heavy atom. The number of nitrogens with one attached hydrogen (secondary N) is 3. The largest absolute Gasteiger partial charge is 0.495 e. The second-order valence-electron chi connectivity index (χ2n) is 9.33. The lowest BCUT2D eigenvalue weighted by Crippen LogP contribution is -2.50. The Morgan fingerprint density at radius 3 is 2.70 bits per heavy atom. The van der Waals surface area contributed by atoms with E-state index in [2.05, 4.69) is 31.6 Å². The minimum Gasteiger partial charge on any atom is -0.495 e. The Morgan fingerprint density at radius 2 is 2.00 bits per heavy atom. The summed E-state index contributed by atoms with van der Waals surface area (Å²) >= 11 is 0. The first kappa shape index (κ1) is 24.9. The smallest absolute Gasteiger partial charge is 0.253 e.